The Morgan fingerprint density at radius 1 is 0.719 bits per heavy atom. The van der Waals surface area contributed by atoms with E-state index in [2.05, 4.69) is 81.4 Å². The molecule has 0 aromatic heterocycles. The van der Waals surface area contributed by atoms with Gasteiger partial charge in [0.1, 0.15) is 22.7 Å². The summed E-state index contributed by atoms with van der Waals surface area (Å²) in [4.78, 5) is 0. The average molecular weight is 435 g/mol. The Kier molecular flexibility index (Phi) is 7.17. The van der Waals surface area contributed by atoms with E-state index in [1.54, 1.807) is 0 Å². The molecular formula is C30H42O2. The number of unbranched alkanes of at least 4 members (excludes halogenated alkanes) is 7. The second kappa shape index (κ2) is 9.89. The number of para-hydroxylation sites is 2. The van der Waals surface area contributed by atoms with Crippen LogP contribution < -0.4 is 9.47 Å². The Morgan fingerprint density at radius 3 is 1.84 bits per heavy atom. The topological polar surface area (TPSA) is 18.5 Å². The predicted octanol–water partition coefficient (Wildman–Crippen LogP) is 8.60. The first-order valence-electron chi connectivity index (χ1n) is 13.0. The Hall–Kier alpha value is -1.96. The van der Waals surface area contributed by atoms with Gasteiger partial charge < -0.3 is 9.47 Å². The van der Waals surface area contributed by atoms with Crippen molar-refractivity contribution in [3.63, 3.8) is 0 Å². The molecule has 0 N–H and O–H groups in total. The Labute approximate surface area is 195 Å². The minimum atomic E-state index is -0.0854. The average Bonchev–Trinajstić information content (AvgIpc) is 3.64. The van der Waals surface area contributed by atoms with Crippen molar-refractivity contribution in [2.24, 2.45) is 11.3 Å². The van der Waals surface area contributed by atoms with Gasteiger partial charge in [0.2, 0.25) is 0 Å². The molecular weight excluding hydrogens is 392 g/mol. The van der Waals surface area contributed by atoms with Crippen LogP contribution in [0.15, 0.2) is 60.7 Å². The SMILES string of the molecule is CCCCCCCCCCC1(C2CC2(C)Oc2ccccc2)CC1(C)Oc1ccccc1. The molecule has 2 aliphatic rings. The summed E-state index contributed by atoms with van der Waals surface area (Å²) in [6.07, 6.45) is 14.5. The molecule has 0 aliphatic heterocycles. The van der Waals surface area contributed by atoms with E-state index in [1.165, 1.54) is 57.8 Å². The zero-order valence-electron chi connectivity index (χ0n) is 20.4. The van der Waals surface area contributed by atoms with Crippen LogP contribution in [0.25, 0.3) is 0 Å². The van der Waals surface area contributed by atoms with E-state index in [0.717, 1.165) is 24.3 Å². The van der Waals surface area contributed by atoms with E-state index >= 15 is 0 Å². The summed E-state index contributed by atoms with van der Waals surface area (Å²) in [5, 5.41) is 0. The minimum absolute atomic E-state index is 0.0701. The molecule has 4 rings (SSSR count). The molecule has 174 valence electrons. The van der Waals surface area contributed by atoms with Gasteiger partial charge in [-0.25, -0.2) is 0 Å². The molecule has 0 amide bonds. The van der Waals surface area contributed by atoms with Crippen molar-refractivity contribution in [3.8, 4) is 11.5 Å². The summed E-state index contributed by atoms with van der Waals surface area (Å²) in [7, 11) is 0. The smallest absolute Gasteiger partial charge is 0.120 e. The van der Waals surface area contributed by atoms with Crippen molar-refractivity contribution in [1.82, 2.24) is 0 Å². The summed E-state index contributed by atoms with van der Waals surface area (Å²) < 4.78 is 13.2. The number of hydrogen-bond donors (Lipinski definition) is 0. The van der Waals surface area contributed by atoms with Gasteiger partial charge in [-0.3, -0.25) is 0 Å². The van der Waals surface area contributed by atoms with Gasteiger partial charge in [-0.15, -0.1) is 0 Å². The fraction of sp³-hybridized carbons (Fsp3) is 0.600. The molecule has 2 aromatic rings. The lowest BCUT2D eigenvalue weighted by molar-refractivity contribution is 0.0915. The van der Waals surface area contributed by atoms with Crippen LogP contribution in [0.1, 0.15) is 91.4 Å². The maximum atomic E-state index is 6.64. The Bertz CT molecular complexity index is 834. The molecule has 2 aromatic carbocycles. The molecule has 2 heteroatoms. The third-order valence-corrected chi connectivity index (χ3v) is 8.09. The van der Waals surface area contributed by atoms with E-state index < -0.39 is 0 Å². The molecule has 2 nitrogen and oxygen atoms in total. The highest BCUT2D eigenvalue weighted by atomic mass is 16.5. The van der Waals surface area contributed by atoms with E-state index in [4.69, 9.17) is 9.47 Å². The predicted molar refractivity (Wildman–Crippen MR) is 133 cm³/mol. The number of hydrogen-bond acceptors (Lipinski definition) is 2. The lowest BCUT2D eigenvalue weighted by atomic mass is 9.87. The van der Waals surface area contributed by atoms with Crippen LogP contribution >= 0.6 is 0 Å². The first-order chi connectivity index (χ1) is 15.5. The second-order valence-electron chi connectivity index (χ2n) is 10.7. The molecule has 2 fully saturated rings. The molecule has 0 saturated heterocycles. The van der Waals surface area contributed by atoms with Crippen LogP contribution in [0.2, 0.25) is 0 Å². The first kappa shape index (κ1) is 23.2. The first-order valence-corrected chi connectivity index (χ1v) is 13.0. The summed E-state index contributed by atoms with van der Waals surface area (Å²) in [6.45, 7) is 6.93. The summed E-state index contributed by atoms with van der Waals surface area (Å²) >= 11 is 0. The molecule has 0 radical (unpaired) electrons. The van der Waals surface area contributed by atoms with Gasteiger partial charge in [-0.2, -0.15) is 0 Å². The molecule has 0 spiro atoms. The molecule has 4 atom stereocenters. The van der Waals surface area contributed by atoms with Crippen LogP contribution in [0.5, 0.6) is 11.5 Å². The van der Waals surface area contributed by atoms with Gasteiger partial charge in [0.25, 0.3) is 0 Å². The lowest BCUT2D eigenvalue weighted by Gasteiger charge is -2.27. The Balaban J connectivity index is 1.37. The highest BCUT2D eigenvalue weighted by molar-refractivity contribution is 5.33. The van der Waals surface area contributed by atoms with Gasteiger partial charge in [-0.1, -0.05) is 94.7 Å². The van der Waals surface area contributed by atoms with Gasteiger partial charge >= 0.3 is 0 Å². The fourth-order valence-electron chi connectivity index (χ4n) is 6.03. The molecule has 0 heterocycles. The minimum Gasteiger partial charge on any atom is -0.487 e. The highest BCUT2D eigenvalue weighted by Crippen LogP contribution is 2.74. The van der Waals surface area contributed by atoms with E-state index in [-0.39, 0.29) is 16.6 Å². The summed E-state index contributed by atoms with van der Waals surface area (Å²) in [5.41, 5.74) is 0.0752. The van der Waals surface area contributed by atoms with Crippen LogP contribution in [0.3, 0.4) is 0 Å². The van der Waals surface area contributed by atoms with Crippen molar-refractivity contribution in [2.45, 2.75) is 103 Å². The molecule has 4 unspecified atom stereocenters. The van der Waals surface area contributed by atoms with E-state index in [9.17, 15) is 0 Å². The lowest BCUT2D eigenvalue weighted by Crippen LogP contribution is -2.30. The standard InChI is InChI=1S/C30H42O2/c1-4-5-6-7-8-9-10-17-22-30(24-29(30,3)32-26-20-15-12-16-21-26)27-23-28(27,2)31-25-18-13-11-14-19-25/h11-16,18-21,27H,4-10,17,22-24H2,1-3H3. The number of rotatable bonds is 14. The third kappa shape index (κ3) is 5.16. The Morgan fingerprint density at radius 2 is 1.25 bits per heavy atom. The molecule has 0 bridgehead atoms. The van der Waals surface area contributed by atoms with Crippen molar-refractivity contribution in [3.05, 3.63) is 60.7 Å². The zero-order chi connectivity index (χ0) is 22.5. The van der Waals surface area contributed by atoms with E-state index in [0.29, 0.717) is 5.92 Å². The van der Waals surface area contributed by atoms with Crippen LogP contribution in [0.4, 0.5) is 0 Å². The number of ether oxygens (including phenoxy) is 2. The summed E-state index contributed by atoms with van der Waals surface area (Å²) in [5.74, 6) is 2.55. The maximum absolute atomic E-state index is 6.64. The maximum Gasteiger partial charge on any atom is 0.120 e. The van der Waals surface area contributed by atoms with Crippen molar-refractivity contribution in [2.75, 3.05) is 0 Å². The summed E-state index contributed by atoms with van der Waals surface area (Å²) in [6, 6.07) is 20.7. The van der Waals surface area contributed by atoms with Gasteiger partial charge in [0.15, 0.2) is 0 Å². The quantitative estimate of drug-likeness (QED) is 0.277. The van der Waals surface area contributed by atoms with Crippen molar-refractivity contribution >= 4 is 0 Å². The van der Waals surface area contributed by atoms with Crippen molar-refractivity contribution in [1.29, 1.82) is 0 Å². The van der Waals surface area contributed by atoms with Gasteiger partial charge in [0, 0.05) is 11.3 Å². The monoisotopic (exact) mass is 434 g/mol. The van der Waals surface area contributed by atoms with Crippen LogP contribution in [0, 0.1) is 11.3 Å². The van der Waals surface area contributed by atoms with E-state index in [1.807, 2.05) is 0 Å². The fourth-order valence-corrected chi connectivity index (χ4v) is 6.03. The van der Waals surface area contributed by atoms with Crippen molar-refractivity contribution < 1.29 is 9.47 Å². The highest BCUT2D eigenvalue weighted by Gasteiger charge is 2.78. The largest absolute Gasteiger partial charge is 0.487 e. The number of benzene rings is 2. The van der Waals surface area contributed by atoms with Gasteiger partial charge in [0.05, 0.1) is 0 Å². The third-order valence-electron chi connectivity index (χ3n) is 8.09. The molecule has 2 aliphatic carbocycles. The second-order valence-corrected chi connectivity index (χ2v) is 10.7. The van der Waals surface area contributed by atoms with Crippen LogP contribution in [-0.2, 0) is 0 Å². The molecule has 32 heavy (non-hydrogen) atoms. The normalized spacial score (nSPS) is 30.7. The van der Waals surface area contributed by atoms with Crippen LogP contribution in [-0.4, -0.2) is 11.2 Å². The molecule has 2 saturated carbocycles. The zero-order valence-corrected chi connectivity index (χ0v) is 20.4. The van der Waals surface area contributed by atoms with Gasteiger partial charge in [-0.05, 0) is 57.4 Å².